The van der Waals surface area contributed by atoms with E-state index in [4.69, 9.17) is 16.2 Å². The number of amides is 2. The summed E-state index contributed by atoms with van der Waals surface area (Å²) in [4.78, 5) is 34.7. The normalized spacial score (nSPS) is 13.5. The number of nitrogens with one attached hydrogen (secondary N) is 3. The molecule has 2 aliphatic rings. The van der Waals surface area contributed by atoms with Gasteiger partial charge in [0.05, 0.1) is 30.9 Å². The summed E-state index contributed by atoms with van der Waals surface area (Å²) in [6, 6.07) is 32.3. The zero-order chi connectivity index (χ0) is 37.9. The summed E-state index contributed by atoms with van der Waals surface area (Å²) < 4.78 is 8.31. The predicted octanol–water partition coefficient (Wildman–Crippen LogP) is 5.90. The Balaban J connectivity index is 0.000000164. The molecule has 0 bridgehead atoms. The molecule has 2 aliphatic carbocycles. The third-order valence-electron chi connectivity index (χ3n) is 9.26. The number of nitrogens with zero attached hydrogens (tertiary/aromatic N) is 7. The van der Waals surface area contributed by atoms with Gasteiger partial charge in [-0.3, -0.25) is 9.59 Å². The molecular weight excluding hydrogens is 697 g/mol. The highest BCUT2D eigenvalue weighted by atomic mass is 16.5. The molecule has 4 aromatic heterocycles. The number of nitrogens with two attached hydrogens (primary N) is 2. The molecule has 15 heteroatoms. The predicted molar refractivity (Wildman–Crippen MR) is 211 cm³/mol. The van der Waals surface area contributed by atoms with E-state index in [2.05, 4.69) is 53.1 Å². The molecule has 0 spiro atoms. The number of anilines is 6. The highest BCUT2D eigenvalue weighted by Gasteiger charge is 2.32. The number of hydrogen-bond acceptors (Lipinski definition) is 11. The molecule has 15 nitrogen and oxygen atoms in total. The highest BCUT2D eigenvalue weighted by Crippen LogP contribution is 2.37. The first kappa shape index (κ1) is 34.9. The van der Waals surface area contributed by atoms with Crippen molar-refractivity contribution in [3.8, 4) is 5.75 Å². The highest BCUT2D eigenvalue weighted by molar-refractivity contribution is 5.93. The van der Waals surface area contributed by atoms with Gasteiger partial charge in [-0.05, 0) is 67.6 Å². The second-order valence-electron chi connectivity index (χ2n) is 13.5. The van der Waals surface area contributed by atoms with Crippen LogP contribution < -0.4 is 37.1 Å². The topological polar surface area (TPSA) is 195 Å². The van der Waals surface area contributed by atoms with Crippen LogP contribution in [0.4, 0.5) is 34.4 Å². The number of ether oxygens (including phenoxy) is 1. The van der Waals surface area contributed by atoms with Crippen molar-refractivity contribution in [1.29, 1.82) is 0 Å². The Morgan fingerprint density at radius 1 is 0.745 bits per heavy atom. The molecule has 0 saturated heterocycles. The van der Waals surface area contributed by atoms with E-state index in [-0.39, 0.29) is 11.4 Å². The standard InChI is InChI=1S/C24H24N6O2.C16H16N6O/c1-32-19-11-7-16(8-12-19)15-29(18-9-10-18)20-13-22(27-17-5-3-2-4-6-17)28-30-21(23(25)31)14-26-24(20)30;17-15(23)13-9-18-16-12(19-11-6-7-11)8-14(21-22(13)16)20-10-4-2-1-3-5-10/h2-8,11-14,18H,9-10,15H2,1H3,(H2,25,31)(H,27,28);1-5,8-9,11,19H,6-7H2,(H2,17,23)(H,20,21). The molecule has 2 saturated carbocycles. The number of benzene rings is 3. The Kier molecular flexibility index (Phi) is 9.56. The van der Waals surface area contributed by atoms with E-state index < -0.39 is 11.8 Å². The molecule has 3 aromatic carbocycles. The van der Waals surface area contributed by atoms with Crippen LogP contribution >= 0.6 is 0 Å². The van der Waals surface area contributed by atoms with Gasteiger partial charge in [-0.2, -0.15) is 0 Å². The van der Waals surface area contributed by atoms with E-state index in [0.717, 1.165) is 59.7 Å². The first-order valence-corrected chi connectivity index (χ1v) is 18.0. The molecule has 55 heavy (non-hydrogen) atoms. The van der Waals surface area contributed by atoms with Crippen molar-refractivity contribution in [3.63, 3.8) is 0 Å². The van der Waals surface area contributed by atoms with E-state index in [1.807, 2.05) is 84.9 Å². The van der Waals surface area contributed by atoms with Gasteiger partial charge in [0.1, 0.15) is 17.1 Å². The van der Waals surface area contributed by atoms with Crippen molar-refractivity contribution in [3.05, 3.63) is 126 Å². The van der Waals surface area contributed by atoms with Crippen LogP contribution in [0, 0.1) is 0 Å². The Hall–Kier alpha value is -7.16. The van der Waals surface area contributed by atoms with Gasteiger partial charge >= 0.3 is 0 Å². The van der Waals surface area contributed by atoms with Gasteiger partial charge < -0.3 is 37.1 Å². The van der Waals surface area contributed by atoms with Crippen LogP contribution in [0.15, 0.2) is 109 Å². The molecule has 2 fully saturated rings. The molecule has 0 radical (unpaired) electrons. The minimum absolute atomic E-state index is 0.248. The largest absolute Gasteiger partial charge is 0.497 e. The van der Waals surface area contributed by atoms with E-state index in [1.54, 1.807) is 7.11 Å². The SMILES string of the molecule is COc1ccc(CN(c2cc(Nc3ccccc3)nn3c(C(N)=O)cnc23)C2CC2)cc1.NC(=O)c1cnc2c(NC3CC3)cc(Nc3ccccc3)nn12. The van der Waals surface area contributed by atoms with Gasteiger partial charge in [0.2, 0.25) is 0 Å². The zero-order valence-corrected chi connectivity index (χ0v) is 30.1. The number of aromatic nitrogens is 6. The van der Waals surface area contributed by atoms with Crippen LogP contribution in [0.3, 0.4) is 0 Å². The maximum absolute atomic E-state index is 12.0. The van der Waals surface area contributed by atoms with Crippen molar-refractivity contribution in [2.24, 2.45) is 11.5 Å². The zero-order valence-electron chi connectivity index (χ0n) is 30.1. The monoisotopic (exact) mass is 736 g/mol. The van der Waals surface area contributed by atoms with E-state index in [9.17, 15) is 9.59 Å². The van der Waals surface area contributed by atoms with Gasteiger partial charge in [0.25, 0.3) is 11.8 Å². The molecule has 7 N–H and O–H groups in total. The van der Waals surface area contributed by atoms with Crippen molar-refractivity contribution >= 4 is 57.5 Å². The number of fused-ring (bicyclic) bond motifs is 2. The fourth-order valence-electron chi connectivity index (χ4n) is 6.21. The number of para-hydroxylation sites is 2. The molecule has 0 atom stereocenters. The second-order valence-corrected chi connectivity index (χ2v) is 13.5. The molecular formula is C40H40N12O3. The number of rotatable bonds is 13. The summed E-state index contributed by atoms with van der Waals surface area (Å²) in [6.07, 6.45) is 7.43. The lowest BCUT2D eigenvalue weighted by Crippen LogP contribution is -2.26. The smallest absolute Gasteiger partial charge is 0.269 e. The minimum atomic E-state index is -0.569. The lowest BCUT2D eigenvalue weighted by Gasteiger charge is -2.26. The summed E-state index contributed by atoms with van der Waals surface area (Å²) in [5.74, 6) is 0.929. The van der Waals surface area contributed by atoms with E-state index in [1.165, 1.54) is 21.4 Å². The first-order chi connectivity index (χ1) is 26.8. The third-order valence-corrected chi connectivity index (χ3v) is 9.26. The number of carbonyl (C=O) groups is 2. The van der Waals surface area contributed by atoms with E-state index in [0.29, 0.717) is 41.6 Å². The maximum Gasteiger partial charge on any atom is 0.269 e. The maximum atomic E-state index is 12.0. The summed E-state index contributed by atoms with van der Waals surface area (Å²) in [6.45, 7) is 0.706. The van der Waals surface area contributed by atoms with Gasteiger partial charge in [0.15, 0.2) is 22.9 Å². The Morgan fingerprint density at radius 3 is 1.82 bits per heavy atom. The van der Waals surface area contributed by atoms with Crippen LogP contribution in [-0.2, 0) is 6.54 Å². The van der Waals surface area contributed by atoms with Gasteiger partial charge in [-0.1, -0.05) is 48.5 Å². The summed E-state index contributed by atoms with van der Waals surface area (Å²) >= 11 is 0. The molecule has 7 aromatic rings. The third kappa shape index (κ3) is 7.95. The lowest BCUT2D eigenvalue weighted by atomic mass is 10.2. The number of primary amides is 2. The fraction of sp³-hybridized carbons (Fsp3) is 0.200. The van der Waals surface area contributed by atoms with Gasteiger partial charge in [-0.15, -0.1) is 10.2 Å². The van der Waals surface area contributed by atoms with E-state index >= 15 is 0 Å². The fourth-order valence-corrected chi connectivity index (χ4v) is 6.21. The molecule has 278 valence electrons. The van der Waals surface area contributed by atoms with Crippen LogP contribution in [0.25, 0.3) is 11.3 Å². The summed E-state index contributed by atoms with van der Waals surface area (Å²) in [7, 11) is 1.66. The Bertz CT molecular complexity index is 2460. The first-order valence-electron chi connectivity index (χ1n) is 18.0. The number of imidazole rings is 2. The van der Waals surface area contributed by atoms with Crippen LogP contribution in [0.5, 0.6) is 5.75 Å². The number of carbonyl (C=O) groups excluding carboxylic acids is 2. The molecule has 2 amide bonds. The summed E-state index contributed by atoms with van der Waals surface area (Å²) in [5, 5.41) is 19.0. The van der Waals surface area contributed by atoms with Gasteiger partial charge in [-0.25, -0.2) is 19.0 Å². The molecule has 0 unspecified atom stereocenters. The average Bonchev–Trinajstić information content (AvgIpc) is 4.12. The van der Waals surface area contributed by atoms with Crippen molar-refractivity contribution in [1.82, 2.24) is 29.2 Å². The number of methoxy groups -OCH3 is 1. The quantitative estimate of drug-likeness (QED) is 0.0947. The van der Waals surface area contributed by atoms with Crippen molar-refractivity contribution < 1.29 is 14.3 Å². The van der Waals surface area contributed by atoms with Crippen LogP contribution in [-0.4, -0.2) is 60.2 Å². The van der Waals surface area contributed by atoms with Crippen LogP contribution in [0.1, 0.15) is 52.2 Å². The molecule has 9 rings (SSSR count). The van der Waals surface area contributed by atoms with Crippen molar-refractivity contribution in [2.75, 3.05) is 28.0 Å². The number of hydrogen-bond donors (Lipinski definition) is 5. The Morgan fingerprint density at radius 2 is 1.29 bits per heavy atom. The summed E-state index contributed by atoms with van der Waals surface area (Å²) in [5.41, 5.74) is 17.4. The van der Waals surface area contributed by atoms with Crippen molar-refractivity contribution in [2.45, 2.75) is 44.3 Å². The lowest BCUT2D eigenvalue weighted by molar-refractivity contribution is 0.0985. The Labute approximate surface area is 316 Å². The average molecular weight is 737 g/mol. The minimum Gasteiger partial charge on any atom is -0.497 e. The second kappa shape index (κ2) is 15.1. The molecule has 4 heterocycles. The van der Waals surface area contributed by atoms with Crippen LogP contribution in [0.2, 0.25) is 0 Å². The van der Waals surface area contributed by atoms with Gasteiger partial charge in [0, 0.05) is 42.1 Å². The molecule has 0 aliphatic heterocycles.